The maximum Gasteiger partial charge on any atom is 0.254 e. The van der Waals surface area contributed by atoms with Crippen molar-refractivity contribution in [2.45, 2.75) is 19.3 Å². The standard InChI is InChI=1S/C18H18F2N2O/c19-16-8-15(9-17(20)10-16)18(23)22-6-2-4-14(12-22)7-13-3-1-5-21-11-13/h1,3,5,8-11,14H,2,4,6-7,12H2. The van der Waals surface area contributed by atoms with Gasteiger partial charge in [-0.3, -0.25) is 9.78 Å². The molecule has 2 aromatic rings. The van der Waals surface area contributed by atoms with E-state index in [0.717, 1.165) is 43.0 Å². The first-order valence-corrected chi connectivity index (χ1v) is 7.76. The molecule has 5 heteroatoms. The van der Waals surface area contributed by atoms with Crippen molar-refractivity contribution >= 4 is 5.91 Å². The molecule has 1 aromatic heterocycles. The Morgan fingerprint density at radius 1 is 1.26 bits per heavy atom. The molecule has 1 saturated heterocycles. The van der Waals surface area contributed by atoms with Gasteiger partial charge in [0.05, 0.1) is 0 Å². The molecule has 3 nitrogen and oxygen atoms in total. The van der Waals surface area contributed by atoms with Crippen LogP contribution in [0, 0.1) is 17.6 Å². The second kappa shape index (κ2) is 6.86. The monoisotopic (exact) mass is 316 g/mol. The lowest BCUT2D eigenvalue weighted by Gasteiger charge is -2.33. The summed E-state index contributed by atoms with van der Waals surface area (Å²) < 4.78 is 26.6. The molecular formula is C18H18F2N2O. The van der Waals surface area contributed by atoms with Crippen LogP contribution in [0.15, 0.2) is 42.7 Å². The van der Waals surface area contributed by atoms with Gasteiger partial charge in [-0.25, -0.2) is 8.78 Å². The molecule has 0 N–H and O–H groups in total. The van der Waals surface area contributed by atoms with Crippen molar-refractivity contribution in [2.24, 2.45) is 5.92 Å². The second-order valence-electron chi connectivity index (χ2n) is 5.98. The molecule has 23 heavy (non-hydrogen) atoms. The van der Waals surface area contributed by atoms with Crippen molar-refractivity contribution < 1.29 is 13.6 Å². The van der Waals surface area contributed by atoms with Crippen molar-refractivity contribution in [3.05, 3.63) is 65.5 Å². The van der Waals surface area contributed by atoms with Crippen LogP contribution < -0.4 is 0 Å². The van der Waals surface area contributed by atoms with Crippen LogP contribution in [0.1, 0.15) is 28.8 Å². The Balaban J connectivity index is 1.69. The van der Waals surface area contributed by atoms with Gasteiger partial charge in [-0.05, 0) is 48.9 Å². The molecule has 1 fully saturated rings. The highest BCUT2D eigenvalue weighted by molar-refractivity contribution is 5.94. The molecule has 1 atom stereocenters. The van der Waals surface area contributed by atoms with Crippen LogP contribution >= 0.6 is 0 Å². The van der Waals surface area contributed by atoms with Gasteiger partial charge in [-0.15, -0.1) is 0 Å². The summed E-state index contributed by atoms with van der Waals surface area (Å²) in [7, 11) is 0. The zero-order valence-electron chi connectivity index (χ0n) is 12.7. The topological polar surface area (TPSA) is 33.2 Å². The maximum atomic E-state index is 13.3. The molecule has 1 amide bonds. The lowest BCUT2D eigenvalue weighted by molar-refractivity contribution is 0.0672. The van der Waals surface area contributed by atoms with Crippen LogP contribution in [0.4, 0.5) is 8.78 Å². The van der Waals surface area contributed by atoms with E-state index in [0.29, 0.717) is 19.0 Å². The van der Waals surface area contributed by atoms with Crippen LogP contribution in [0.3, 0.4) is 0 Å². The Hall–Kier alpha value is -2.30. The van der Waals surface area contributed by atoms with Crippen LogP contribution in [0.25, 0.3) is 0 Å². The number of carbonyl (C=O) groups excluding carboxylic acids is 1. The Morgan fingerprint density at radius 2 is 2.04 bits per heavy atom. The molecule has 0 bridgehead atoms. The van der Waals surface area contributed by atoms with Gasteiger partial charge in [0.25, 0.3) is 5.91 Å². The molecule has 0 spiro atoms. The number of carbonyl (C=O) groups is 1. The molecular weight excluding hydrogens is 298 g/mol. The van der Waals surface area contributed by atoms with E-state index in [-0.39, 0.29) is 11.5 Å². The van der Waals surface area contributed by atoms with Crippen LogP contribution in [0.5, 0.6) is 0 Å². The van der Waals surface area contributed by atoms with Gasteiger partial charge in [0.15, 0.2) is 0 Å². The Morgan fingerprint density at radius 3 is 2.74 bits per heavy atom. The second-order valence-corrected chi connectivity index (χ2v) is 5.98. The van der Waals surface area contributed by atoms with Crippen LogP contribution in [-0.2, 0) is 6.42 Å². The Bertz CT molecular complexity index is 670. The molecule has 120 valence electrons. The largest absolute Gasteiger partial charge is 0.338 e. The van der Waals surface area contributed by atoms with Crippen molar-refractivity contribution in [3.8, 4) is 0 Å². The number of halogens is 2. The molecule has 1 aliphatic heterocycles. The number of hydrogen-bond donors (Lipinski definition) is 0. The Kier molecular flexibility index (Phi) is 4.65. The van der Waals surface area contributed by atoms with Crippen molar-refractivity contribution in [1.29, 1.82) is 0 Å². The minimum atomic E-state index is -0.725. The predicted octanol–water partition coefficient (Wildman–Crippen LogP) is 3.45. The fraction of sp³-hybridized carbons (Fsp3) is 0.333. The number of likely N-dealkylation sites (tertiary alicyclic amines) is 1. The number of hydrogen-bond acceptors (Lipinski definition) is 2. The summed E-state index contributed by atoms with van der Waals surface area (Å²) in [5.41, 5.74) is 1.22. The third-order valence-electron chi connectivity index (χ3n) is 4.16. The summed E-state index contributed by atoms with van der Waals surface area (Å²) in [5, 5.41) is 0. The smallest absolute Gasteiger partial charge is 0.254 e. The normalized spacial score (nSPS) is 18.0. The van der Waals surface area contributed by atoms with Gasteiger partial charge >= 0.3 is 0 Å². The summed E-state index contributed by atoms with van der Waals surface area (Å²) in [6, 6.07) is 6.89. The molecule has 0 aliphatic carbocycles. The fourth-order valence-electron chi connectivity index (χ4n) is 3.13. The first kappa shape index (κ1) is 15.6. The van der Waals surface area contributed by atoms with E-state index >= 15 is 0 Å². The molecule has 2 heterocycles. The number of rotatable bonds is 3. The summed E-state index contributed by atoms with van der Waals surface area (Å²) in [4.78, 5) is 18.3. The highest BCUT2D eigenvalue weighted by atomic mass is 19.1. The number of benzene rings is 1. The first-order valence-electron chi connectivity index (χ1n) is 7.76. The zero-order chi connectivity index (χ0) is 16.2. The molecule has 1 aliphatic rings. The molecule has 1 aromatic carbocycles. The quantitative estimate of drug-likeness (QED) is 0.869. The highest BCUT2D eigenvalue weighted by Gasteiger charge is 2.25. The lowest BCUT2D eigenvalue weighted by Crippen LogP contribution is -2.40. The van der Waals surface area contributed by atoms with Gasteiger partial charge in [0, 0.05) is 37.1 Å². The summed E-state index contributed by atoms with van der Waals surface area (Å²) in [6.45, 7) is 1.23. The van der Waals surface area contributed by atoms with E-state index in [2.05, 4.69) is 4.98 Å². The number of piperidine rings is 1. The van der Waals surface area contributed by atoms with Crippen LogP contribution in [0.2, 0.25) is 0 Å². The first-order chi connectivity index (χ1) is 11.1. The van der Waals surface area contributed by atoms with Crippen molar-refractivity contribution in [1.82, 2.24) is 9.88 Å². The lowest BCUT2D eigenvalue weighted by atomic mass is 9.91. The SMILES string of the molecule is O=C(c1cc(F)cc(F)c1)N1CCCC(Cc2cccnc2)C1. The minimum absolute atomic E-state index is 0.0736. The van der Waals surface area contributed by atoms with Gasteiger partial charge in [0.2, 0.25) is 0 Å². The Labute approximate surface area is 134 Å². The number of nitrogens with zero attached hydrogens (tertiary/aromatic N) is 2. The number of amides is 1. The maximum absolute atomic E-state index is 13.3. The van der Waals surface area contributed by atoms with Gasteiger partial charge in [0.1, 0.15) is 11.6 Å². The minimum Gasteiger partial charge on any atom is -0.338 e. The fourth-order valence-corrected chi connectivity index (χ4v) is 3.13. The van der Waals surface area contributed by atoms with Gasteiger partial charge < -0.3 is 4.90 Å². The highest BCUT2D eigenvalue weighted by Crippen LogP contribution is 2.22. The molecule has 3 rings (SSSR count). The van der Waals surface area contributed by atoms with Crippen molar-refractivity contribution in [2.75, 3.05) is 13.1 Å². The van der Waals surface area contributed by atoms with Crippen LogP contribution in [-0.4, -0.2) is 28.9 Å². The average molecular weight is 316 g/mol. The summed E-state index contributed by atoms with van der Waals surface area (Å²) in [6.07, 6.45) is 6.36. The van der Waals surface area contributed by atoms with E-state index in [1.807, 2.05) is 18.3 Å². The van der Waals surface area contributed by atoms with Crippen molar-refractivity contribution in [3.63, 3.8) is 0 Å². The summed E-state index contributed by atoms with van der Waals surface area (Å²) >= 11 is 0. The van der Waals surface area contributed by atoms with Gasteiger partial charge in [-0.2, -0.15) is 0 Å². The van der Waals surface area contributed by atoms with E-state index in [1.54, 1.807) is 11.1 Å². The number of pyridine rings is 1. The van der Waals surface area contributed by atoms with E-state index < -0.39 is 11.6 Å². The van der Waals surface area contributed by atoms with E-state index in [1.165, 1.54) is 0 Å². The average Bonchev–Trinajstić information content (AvgIpc) is 2.54. The molecule has 0 radical (unpaired) electrons. The predicted molar refractivity (Wildman–Crippen MR) is 82.9 cm³/mol. The third-order valence-corrected chi connectivity index (χ3v) is 4.16. The van der Waals surface area contributed by atoms with E-state index in [4.69, 9.17) is 0 Å². The van der Waals surface area contributed by atoms with Gasteiger partial charge in [-0.1, -0.05) is 6.07 Å². The molecule has 1 unspecified atom stereocenters. The van der Waals surface area contributed by atoms with E-state index in [9.17, 15) is 13.6 Å². The zero-order valence-corrected chi connectivity index (χ0v) is 12.7. The summed E-state index contributed by atoms with van der Waals surface area (Å²) in [5.74, 6) is -1.41. The third kappa shape index (κ3) is 3.92. The molecule has 0 saturated carbocycles. The number of aromatic nitrogens is 1.